The predicted octanol–water partition coefficient (Wildman–Crippen LogP) is 0.0984. The maximum absolute atomic E-state index is 12.7. The van der Waals surface area contributed by atoms with Crippen molar-refractivity contribution in [3.05, 3.63) is 35.6 Å². The number of nitrogens with one attached hydrogen (secondary N) is 2. The molecule has 0 radical (unpaired) electrons. The summed E-state index contributed by atoms with van der Waals surface area (Å²) in [6, 6.07) is 4.91. The predicted molar refractivity (Wildman–Crippen MR) is 80.3 cm³/mol. The highest BCUT2D eigenvalue weighted by Crippen LogP contribution is 2.05. The zero-order valence-electron chi connectivity index (χ0n) is 12.5. The Morgan fingerprint density at radius 1 is 1.23 bits per heavy atom. The SMILES string of the molecule is CC(C)C[C@H](NC(=O)CNC(=O)c1ccc(F)cc1)B(O)O. The maximum atomic E-state index is 12.7. The van der Waals surface area contributed by atoms with Crippen molar-refractivity contribution < 1.29 is 24.0 Å². The fraction of sp³-hybridized carbons (Fsp3) is 0.429. The molecule has 0 fully saturated rings. The van der Waals surface area contributed by atoms with Gasteiger partial charge in [0, 0.05) is 5.56 Å². The Labute approximate surface area is 128 Å². The van der Waals surface area contributed by atoms with Crippen molar-refractivity contribution in [1.82, 2.24) is 10.6 Å². The van der Waals surface area contributed by atoms with Crippen LogP contribution in [0.5, 0.6) is 0 Å². The third kappa shape index (κ3) is 6.23. The van der Waals surface area contributed by atoms with Gasteiger partial charge in [-0.25, -0.2) is 4.39 Å². The van der Waals surface area contributed by atoms with Gasteiger partial charge in [0.05, 0.1) is 12.5 Å². The average molecular weight is 310 g/mol. The van der Waals surface area contributed by atoms with E-state index in [0.29, 0.717) is 6.42 Å². The molecule has 0 saturated carbocycles. The lowest BCUT2D eigenvalue weighted by molar-refractivity contribution is -0.120. The van der Waals surface area contributed by atoms with Crippen molar-refractivity contribution in [2.24, 2.45) is 5.92 Å². The summed E-state index contributed by atoms with van der Waals surface area (Å²) in [4.78, 5) is 23.5. The van der Waals surface area contributed by atoms with Gasteiger partial charge in [-0.05, 0) is 36.6 Å². The van der Waals surface area contributed by atoms with Crippen LogP contribution in [0.15, 0.2) is 24.3 Å². The summed E-state index contributed by atoms with van der Waals surface area (Å²) in [7, 11) is -1.67. The molecule has 6 nitrogen and oxygen atoms in total. The van der Waals surface area contributed by atoms with E-state index < -0.39 is 30.7 Å². The second-order valence-corrected chi connectivity index (χ2v) is 5.41. The van der Waals surface area contributed by atoms with Crippen LogP contribution in [-0.2, 0) is 4.79 Å². The van der Waals surface area contributed by atoms with E-state index in [9.17, 15) is 24.0 Å². The van der Waals surface area contributed by atoms with E-state index in [0.717, 1.165) is 12.1 Å². The average Bonchev–Trinajstić information content (AvgIpc) is 2.44. The molecule has 0 heterocycles. The van der Waals surface area contributed by atoms with Gasteiger partial charge in [0.15, 0.2) is 0 Å². The van der Waals surface area contributed by atoms with Gasteiger partial charge in [-0.15, -0.1) is 0 Å². The number of rotatable bonds is 7. The van der Waals surface area contributed by atoms with Crippen molar-refractivity contribution in [3.63, 3.8) is 0 Å². The van der Waals surface area contributed by atoms with Crippen molar-refractivity contribution in [2.45, 2.75) is 26.2 Å². The number of amides is 2. The lowest BCUT2D eigenvalue weighted by atomic mass is 9.75. The Morgan fingerprint density at radius 2 is 1.82 bits per heavy atom. The van der Waals surface area contributed by atoms with Crippen molar-refractivity contribution >= 4 is 18.9 Å². The fourth-order valence-electron chi connectivity index (χ4n) is 1.88. The molecule has 0 aliphatic heterocycles. The summed E-state index contributed by atoms with van der Waals surface area (Å²) in [6.07, 6.45) is 0.398. The van der Waals surface area contributed by atoms with E-state index in [2.05, 4.69) is 10.6 Å². The molecule has 0 aromatic heterocycles. The van der Waals surface area contributed by atoms with Gasteiger partial charge in [0.25, 0.3) is 5.91 Å². The summed E-state index contributed by atoms with van der Waals surface area (Å²) in [5, 5.41) is 23.2. The van der Waals surface area contributed by atoms with E-state index in [1.165, 1.54) is 12.1 Å². The molecule has 22 heavy (non-hydrogen) atoms. The molecule has 0 bridgehead atoms. The van der Waals surface area contributed by atoms with Gasteiger partial charge in [-0.3, -0.25) is 9.59 Å². The minimum Gasteiger partial charge on any atom is -0.426 e. The van der Waals surface area contributed by atoms with Crippen molar-refractivity contribution in [3.8, 4) is 0 Å². The largest absolute Gasteiger partial charge is 0.475 e. The molecule has 8 heteroatoms. The Morgan fingerprint density at radius 3 is 2.32 bits per heavy atom. The Balaban J connectivity index is 2.47. The van der Waals surface area contributed by atoms with Crippen LogP contribution in [-0.4, -0.2) is 41.5 Å². The molecule has 1 aromatic carbocycles. The number of carbonyl (C=O) groups excluding carboxylic acids is 2. The van der Waals surface area contributed by atoms with Crippen molar-refractivity contribution in [1.29, 1.82) is 0 Å². The first-order chi connectivity index (χ1) is 10.3. The van der Waals surface area contributed by atoms with Crippen molar-refractivity contribution in [2.75, 3.05) is 6.54 Å². The van der Waals surface area contributed by atoms with Crippen LogP contribution in [0, 0.1) is 11.7 Å². The zero-order valence-corrected chi connectivity index (χ0v) is 12.5. The Kier molecular flexibility index (Phi) is 7.00. The molecule has 1 atom stereocenters. The number of hydrogen-bond acceptors (Lipinski definition) is 4. The maximum Gasteiger partial charge on any atom is 0.475 e. The second kappa shape index (κ2) is 8.50. The van der Waals surface area contributed by atoms with Crippen LogP contribution in [0.4, 0.5) is 4.39 Å². The summed E-state index contributed by atoms with van der Waals surface area (Å²) < 4.78 is 12.7. The second-order valence-electron chi connectivity index (χ2n) is 5.41. The highest BCUT2D eigenvalue weighted by Gasteiger charge is 2.26. The van der Waals surface area contributed by atoms with Crippen LogP contribution in [0.2, 0.25) is 0 Å². The lowest BCUT2D eigenvalue weighted by Gasteiger charge is -2.19. The first kappa shape index (κ1) is 18.1. The van der Waals surface area contributed by atoms with E-state index in [1.54, 1.807) is 0 Å². The first-order valence-electron chi connectivity index (χ1n) is 6.99. The molecule has 4 N–H and O–H groups in total. The summed E-state index contributed by atoms with van der Waals surface area (Å²) in [5.41, 5.74) is 0.232. The van der Waals surface area contributed by atoms with E-state index >= 15 is 0 Å². The normalized spacial score (nSPS) is 11.9. The quantitative estimate of drug-likeness (QED) is 0.537. The highest BCUT2D eigenvalue weighted by molar-refractivity contribution is 6.43. The lowest BCUT2D eigenvalue weighted by Crippen LogP contribution is -2.50. The molecule has 1 rings (SSSR count). The van der Waals surface area contributed by atoms with E-state index in [-0.39, 0.29) is 18.0 Å². The van der Waals surface area contributed by atoms with Gasteiger partial charge >= 0.3 is 7.12 Å². The van der Waals surface area contributed by atoms with Crippen LogP contribution < -0.4 is 10.6 Å². The monoisotopic (exact) mass is 310 g/mol. The molecular formula is C14H20BFN2O4. The molecule has 0 aliphatic carbocycles. The molecule has 0 spiro atoms. The number of carbonyl (C=O) groups is 2. The van der Waals surface area contributed by atoms with Crippen LogP contribution >= 0.6 is 0 Å². The van der Waals surface area contributed by atoms with E-state index in [1.807, 2.05) is 13.8 Å². The van der Waals surface area contributed by atoms with Crippen LogP contribution in [0.25, 0.3) is 0 Å². The number of halogens is 1. The smallest absolute Gasteiger partial charge is 0.426 e. The van der Waals surface area contributed by atoms with Crippen LogP contribution in [0.1, 0.15) is 30.6 Å². The Hall–Kier alpha value is -1.93. The Bertz CT molecular complexity index is 508. The third-order valence-electron chi connectivity index (χ3n) is 2.95. The summed E-state index contributed by atoms with van der Waals surface area (Å²) >= 11 is 0. The minimum absolute atomic E-state index is 0.168. The minimum atomic E-state index is -1.67. The number of hydrogen-bond donors (Lipinski definition) is 4. The molecule has 120 valence electrons. The van der Waals surface area contributed by atoms with Crippen LogP contribution in [0.3, 0.4) is 0 Å². The standard InChI is InChI=1S/C14H20BFN2O4/c1-9(2)7-12(15(21)22)18-13(19)8-17-14(20)10-3-5-11(16)6-4-10/h3-6,9,12,21-22H,7-8H2,1-2H3,(H,17,20)(H,18,19)/t12-/m0/s1. The third-order valence-corrected chi connectivity index (χ3v) is 2.95. The van der Waals surface area contributed by atoms with Gasteiger partial charge in [-0.2, -0.15) is 0 Å². The molecule has 1 aromatic rings. The summed E-state index contributed by atoms with van der Waals surface area (Å²) in [5.74, 6) is -2.13. The highest BCUT2D eigenvalue weighted by atomic mass is 19.1. The molecule has 0 unspecified atom stereocenters. The topological polar surface area (TPSA) is 98.7 Å². The molecule has 0 aliphatic rings. The summed E-state index contributed by atoms with van der Waals surface area (Å²) in [6.45, 7) is 3.47. The number of benzene rings is 1. The molecule has 0 saturated heterocycles. The molecular weight excluding hydrogens is 290 g/mol. The molecule has 2 amide bonds. The van der Waals surface area contributed by atoms with Gasteiger partial charge < -0.3 is 20.7 Å². The van der Waals surface area contributed by atoms with Gasteiger partial charge in [0.1, 0.15) is 5.82 Å². The first-order valence-corrected chi connectivity index (χ1v) is 6.99. The zero-order chi connectivity index (χ0) is 16.7. The fourth-order valence-corrected chi connectivity index (χ4v) is 1.88. The van der Waals surface area contributed by atoms with Gasteiger partial charge in [-0.1, -0.05) is 13.8 Å². The van der Waals surface area contributed by atoms with Gasteiger partial charge in [0.2, 0.25) is 5.91 Å². The van der Waals surface area contributed by atoms with E-state index in [4.69, 9.17) is 0 Å².